The summed E-state index contributed by atoms with van der Waals surface area (Å²) in [6, 6.07) is 3.72. The highest BCUT2D eigenvalue weighted by atomic mass is 79.9. The Morgan fingerprint density at radius 2 is 2.10 bits per heavy atom. The molecule has 1 heterocycles. The summed E-state index contributed by atoms with van der Waals surface area (Å²) >= 11 is 8.79. The summed E-state index contributed by atoms with van der Waals surface area (Å²) in [5.41, 5.74) is 11.0. The van der Waals surface area contributed by atoms with Gasteiger partial charge in [-0.15, -0.1) is 0 Å². The third kappa shape index (κ3) is 3.00. The molecule has 0 bridgehead atoms. The normalized spacial score (nSPS) is 10.3. The topological polar surface area (TPSA) is 91.2 Å². The molecule has 4 N–H and O–H groups in total. The van der Waals surface area contributed by atoms with Gasteiger partial charge in [0.2, 0.25) is 5.88 Å². The maximum absolute atomic E-state index is 13.4. The number of rotatable bonds is 3. The molecule has 0 saturated heterocycles. The molecule has 0 saturated carbocycles. The monoisotopic (exact) mass is 359 g/mol. The fourth-order valence-electron chi connectivity index (χ4n) is 1.41. The smallest absolute Gasteiger partial charge is 0.254 e. The van der Waals surface area contributed by atoms with Crippen molar-refractivity contribution in [3.63, 3.8) is 0 Å². The van der Waals surface area contributed by atoms with Gasteiger partial charge in [-0.2, -0.15) is 0 Å². The first-order valence-electron chi connectivity index (χ1n) is 5.26. The summed E-state index contributed by atoms with van der Waals surface area (Å²) < 4.78 is 19.2. The molecule has 0 aliphatic rings. The van der Waals surface area contributed by atoms with Crippen molar-refractivity contribution < 1.29 is 13.9 Å². The molecule has 0 unspecified atom stereocenters. The summed E-state index contributed by atoms with van der Waals surface area (Å²) in [6.07, 6.45) is 1.29. The van der Waals surface area contributed by atoms with Crippen molar-refractivity contribution in [3.05, 3.63) is 45.3 Å². The van der Waals surface area contributed by atoms with Crippen LogP contribution in [0, 0.1) is 5.82 Å². The van der Waals surface area contributed by atoms with Gasteiger partial charge in [-0.25, -0.2) is 9.37 Å². The molecular weight excluding hydrogens is 353 g/mol. The van der Waals surface area contributed by atoms with Crippen LogP contribution in [-0.4, -0.2) is 10.9 Å². The average Bonchev–Trinajstić information content (AvgIpc) is 2.37. The molecule has 0 atom stereocenters. The van der Waals surface area contributed by atoms with Gasteiger partial charge in [-0.1, -0.05) is 11.6 Å². The van der Waals surface area contributed by atoms with Crippen molar-refractivity contribution >= 4 is 39.1 Å². The average molecular weight is 361 g/mol. The molecule has 0 radical (unpaired) electrons. The standard InChI is InChI=1S/C12H8BrClFN3O2/c13-7-2-8(14)9(15)3-10(7)20-12-6(11(17)19)1-5(16)4-18-12/h1-4H,16H2,(H2,17,19). The lowest BCUT2D eigenvalue weighted by Crippen LogP contribution is -2.13. The first-order chi connectivity index (χ1) is 9.38. The van der Waals surface area contributed by atoms with Gasteiger partial charge in [-0.05, 0) is 28.1 Å². The molecule has 104 valence electrons. The number of aromatic nitrogens is 1. The number of primary amides is 1. The van der Waals surface area contributed by atoms with E-state index in [2.05, 4.69) is 20.9 Å². The number of nitrogen functional groups attached to an aromatic ring is 1. The summed E-state index contributed by atoms with van der Waals surface area (Å²) in [6.45, 7) is 0. The van der Waals surface area contributed by atoms with Crippen molar-refractivity contribution in [2.75, 3.05) is 5.73 Å². The minimum Gasteiger partial charge on any atom is -0.437 e. The molecule has 0 aliphatic carbocycles. The molecule has 20 heavy (non-hydrogen) atoms. The third-order valence-corrected chi connectivity index (χ3v) is 3.23. The van der Waals surface area contributed by atoms with Crippen molar-refractivity contribution in [2.45, 2.75) is 0 Å². The Balaban J connectivity index is 2.45. The first kappa shape index (κ1) is 14.5. The lowest BCUT2D eigenvalue weighted by Gasteiger charge is -2.10. The number of carbonyl (C=O) groups excluding carboxylic acids is 1. The van der Waals surface area contributed by atoms with Crippen molar-refractivity contribution in [2.24, 2.45) is 5.73 Å². The molecule has 1 aromatic carbocycles. The molecule has 0 fully saturated rings. The highest BCUT2D eigenvalue weighted by molar-refractivity contribution is 9.10. The van der Waals surface area contributed by atoms with Gasteiger partial charge in [0, 0.05) is 6.07 Å². The maximum Gasteiger partial charge on any atom is 0.254 e. The van der Waals surface area contributed by atoms with Crippen LogP contribution in [0.2, 0.25) is 5.02 Å². The summed E-state index contributed by atoms with van der Waals surface area (Å²) in [7, 11) is 0. The molecule has 2 aromatic rings. The van der Waals surface area contributed by atoms with E-state index in [1.807, 2.05) is 0 Å². The van der Waals surface area contributed by atoms with Crippen molar-refractivity contribution in [3.8, 4) is 11.6 Å². The predicted molar refractivity (Wildman–Crippen MR) is 76.4 cm³/mol. The van der Waals surface area contributed by atoms with Crippen LogP contribution in [0.5, 0.6) is 11.6 Å². The Hall–Kier alpha value is -1.86. The number of hydrogen-bond acceptors (Lipinski definition) is 4. The second kappa shape index (κ2) is 5.64. The zero-order valence-electron chi connectivity index (χ0n) is 9.86. The highest BCUT2D eigenvalue weighted by Gasteiger charge is 2.15. The maximum atomic E-state index is 13.4. The fraction of sp³-hybridized carbons (Fsp3) is 0. The summed E-state index contributed by atoms with van der Waals surface area (Å²) in [5.74, 6) is -1.40. The van der Waals surface area contributed by atoms with Gasteiger partial charge < -0.3 is 16.2 Å². The van der Waals surface area contributed by atoms with Crippen LogP contribution in [0.15, 0.2) is 28.9 Å². The molecule has 1 amide bonds. The molecular formula is C12H8BrClFN3O2. The largest absolute Gasteiger partial charge is 0.437 e. The quantitative estimate of drug-likeness (QED) is 0.823. The number of benzene rings is 1. The van der Waals surface area contributed by atoms with Crippen molar-refractivity contribution in [1.82, 2.24) is 4.98 Å². The van der Waals surface area contributed by atoms with Crippen LogP contribution in [-0.2, 0) is 0 Å². The van der Waals surface area contributed by atoms with Crippen LogP contribution in [0.4, 0.5) is 10.1 Å². The number of amides is 1. The Bertz CT molecular complexity index is 697. The summed E-state index contributed by atoms with van der Waals surface area (Å²) in [5, 5.41) is -0.0652. The minimum absolute atomic E-state index is 0.00717. The zero-order valence-corrected chi connectivity index (χ0v) is 12.2. The van der Waals surface area contributed by atoms with E-state index in [-0.39, 0.29) is 27.9 Å². The first-order valence-corrected chi connectivity index (χ1v) is 6.43. The van der Waals surface area contributed by atoms with E-state index < -0.39 is 11.7 Å². The third-order valence-electron chi connectivity index (χ3n) is 2.32. The number of anilines is 1. The Morgan fingerprint density at radius 1 is 1.40 bits per heavy atom. The van der Waals surface area contributed by atoms with Crippen LogP contribution >= 0.6 is 27.5 Å². The van der Waals surface area contributed by atoms with Gasteiger partial charge in [-0.3, -0.25) is 4.79 Å². The molecule has 0 aliphatic heterocycles. The molecule has 5 nitrogen and oxygen atoms in total. The van der Waals surface area contributed by atoms with E-state index in [0.717, 1.165) is 6.07 Å². The van der Waals surface area contributed by atoms with Crippen LogP contribution in [0.1, 0.15) is 10.4 Å². The number of ether oxygens (including phenoxy) is 1. The highest BCUT2D eigenvalue weighted by Crippen LogP contribution is 2.34. The lowest BCUT2D eigenvalue weighted by atomic mass is 10.2. The van der Waals surface area contributed by atoms with E-state index >= 15 is 0 Å². The zero-order chi connectivity index (χ0) is 14.9. The minimum atomic E-state index is -0.759. The lowest BCUT2D eigenvalue weighted by molar-refractivity contribution is 0.0997. The molecule has 2 rings (SSSR count). The van der Waals surface area contributed by atoms with E-state index in [4.69, 9.17) is 27.8 Å². The van der Waals surface area contributed by atoms with Crippen LogP contribution in [0.25, 0.3) is 0 Å². The number of carbonyl (C=O) groups is 1. The second-order valence-electron chi connectivity index (χ2n) is 3.78. The number of halogens is 3. The van der Waals surface area contributed by atoms with Gasteiger partial charge in [0.15, 0.2) is 0 Å². The number of nitrogens with two attached hydrogens (primary N) is 2. The van der Waals surface area contributed by atoms with Gasteiger partial charge >= 0.3 is 0 Å². The number of nitrogens with zero attached hydrogens (tertiary/aromatic N) is 1. The number of hydrogen-bond donors (Lipinski definition) is 2. The van der Waals surface area contributed by atoms with E-state index in [1.165, 1.54) is 18.3 Å². The Labute approximate surface area is 126 Å². The SMILES string of the molecule is NC(=O)c1cc(N)cnc1Oc1cc(F)c(Cl)cc1Br. The Morgan fingerprint density at radius 3 is 2.75 bits per heavy atom. The molecule has 8 heteroatoms. The van der Waals surface area contributed by atoms with Crippen molar-refractivity contribution in [1.29, 1.82) is 0 Å². The molecule has 1 aromatic heterocycles. The van der Waals surface area contributed by atoms with Gasteiger partial charge in [0.25, 0.3) is 5.91 Å². The fourth-order valence-corrected chi connectivity index (χ4v) is 2.13. The van der Waals surface area contributed by atoms with Crippen LogP contribution in [0.3, 0.4) is 0 Å². The van der Waals surface area contributed by atoms with E-state index in [1.54, 1.807) is 0 Å². The Kier molecular flexibility index (Phi) is 4.10. The van der Waals surface area contributed by atoms with E-state index in [9.17, 15) is 9.18 Å². The number of pyridine rings is 1. The van der Waals surface area contributed by atoms with Gasteiger partial charge in [0.05, 0.1) is 21.4 Å². The van der Waals surface area contributed by atoms with Crippen LogP contribution < -0.4 is 16.2 Å². The predicted octanol–water partition coefficient (Wildman–Crippen LogP) is 3.11. The van der Waals surface area contributed by atoms with Gasteiger partial charge in [0.1, 0.15) is 17.1 Å². The molecule has 0 spiro atoms. The van der Waals surface area contributed by atoms with E-state index in [0.29, 0.717) is 4.47 Å². The summed E-state index contributed by atoms with van der Waals surface area (Å²) in [4.78, 5) is 15.2. The second-order valence-corrected chi connectivity index (χ2v) is 5.05.